The molecule has 0 saturated carbocycles. The van der Waals surface area contributed by atoms with Gasteiger partial charge in [0.2, 0.25) is 11.0 Å². The smallest absolute Gasteiger partial charge is 0.242 e. The Balaban J connectivity index is 1.89. The number of carbonyl (C=O) groups is 1. The van der Waals surface area contributed by atoms with E-state index in [2.05, 4.69) is 15.5 Å². The minimum atomic E-state index is -0.564. The first-order chi connectivity index (χ1) is 11.6. The maximum atomic E-state index is 12.8. The molecule has 1 amide bonds. The molecule has 1 heterocycles. The number of hydrogen-bond acceptors (Lipinski definition) is 6. The van der Waals surface area contributed by atoms with E-state index < -0.39 is 5.25 Å². The molecule has 24 heavy (non-hydrogen) atoms. The van der Waals surface area contributed by atoms with Crippen LogP contribution in [-0.4, -0.2) is 16.1 Å². The molecule has 1 unspecified atom stereocenters. The summed E-state index contributed by atoms with van der Waals surface area (Å²) in [6.45, 7) is 0. The molecule has 1 aromatic heterocycles. The highest BCUT2D eigenvalue weighted by molar-refractivity contribution is 8.02. The summed E-state index contributed by atoms with van der Waals surface area (Å²) in [5.41, 5.74) is 7.06. The first kappa shape index (κ1) is 16.8. The number of rotatable bonds is 5. The molecule has 122 valence electrons. The van der Waals surface area contributed by atoms with Crippen LogP contribution in [0.5, 0.6) is 0 Å². The number of anilines is 2. The zero-order valence-corrected chi connectivity index (χ0v) is 14.7. The van der Waals surface area contributed by atoms with Crippen LogP contribution in [-0.2, 0) is 4.79 Å². The normalized spacial score (nSPS) is 11.9. The van der Waals surface area contributed by atoms with Crippen LogP contribution in [0.2, 0.25) is 5.02 Å². The van der Waals surface area contributed by atoms with Crippen molar-refractivity contribution >= 4 is 51.4 Å². The van der Waals surface area contributed by atoms with Gasteiger partial charge in [-0.2, -0.15) is 0 Å². The Hall–Kier alpha value is -2.09. The van der Waals surface area contributed by atoms with Crippen LogP contribution in [0.1, 0.15) is 10.8 Å². The molecule has 0 spiro atoms. The highest BCUT2D eigenvalue weighted by atomic mass is 35.5. The number of para-hydroxylation sites is 1. The topological polar surface area (TPSA) is 80.9 Å². The third-order valence-electron chi connectivity index (χ3n) is 3.11. The lowest BCUT2D eigenvalue weighted by Gasteiger charge is -2.16. The van der Waals surface area contributed by atoms with Gasteiger partial charge in [-0.15, -0.1) is 10.2 Å². The second-order valence-corrected chi connectivity index (χ2v) is 7.55. The summed E-state index contributed by atoms with van der Waals surface area (Å²) in [7, 11) is 0. The maximum Gasteiger partial charge on any atom is 0.242 e. The van der Waals surface area contributed by atoms with Gasteiger partial charge in [0.15, 0.2) is 4.34 Å². The number of nitrogens with two attached hydrogens (primary N) is 1. The van der Waals surface area contributed by atoms with Crippen molar-refractivity contribution in [2.45, 2.75) is 9.59 Å². The summed E-state index contributed by atoms with van der Waals surface area (Å²) >= 11 is 8.80. The van der Waals surface area contributed by atoms with E-state index in [-0.39, 0.29) is 5.91 Å². The number of halogens is 1. The Morgan fingerprint density at radius 2 is 1.83 bits per heavy atom. The van der Waals surface area contributed by atoms with Crippen molar-refractivity contribution in [3.63, 3.8) is 0 Å². The number of thioether (sulfide) groups is 1. The summed E-state index contributed by atoms with van der Waals surface area (Å²) in [6.07, 6.45) is 0. The Bertz CT molecular complexity index is 841. The van der Waals surface area contributed by atoms with Crippen molar-refractivity contribution in [2.75, 3.05) is 11.1 Å². The van der Waals surface area contributed by atoms with E-state index in [0.29, 0.717) is 20.1 Å². The fraction of sp³-hybridized carbons (Fsp3) is 0.0625. The predicted molar refractivity (Wildman–Crippen MR) is 99.4 cm³/mol. The van der Waals surface area contributed by atoms with Gasteiger partial charge in [-0.05, 0) is 23.8 Å². The maximum absolute atomic E-state index is 12.8. The van der Waals surface area contributed by atoms with E-state index in [1.807, 2.05) is 48.5 Å². The minimum absolute atomic E-state index is 0.187. The molecule has 0 radical (unpaired) electrons. The van der Waals surface area contributed by atoms with Crippen LogP contribution in [0.3, 0.4) is 0 Å². The molecule has 0 bridgehead atoms. The first-order valence-corrected chi connectivity index (χ1v) is 9.07. The van der Waals surface area contributed by atoms with Gasteiger partial charge in [0.05, 0.1) is 0 Å². The van der Waals surface area contributed by atoms with Gasteiger partial charge >= 0.3 is 0 Å². The van der Waals surface area contributed by atoms with Crippen LogP contribution in [0, 0.1) is 0 Å². The molecule has 3 rings (SSSR count). The van der Waals surface area contributed by atoms with Crippen molar-refractivity contribution in [3.05, 3.63) is 65.2 Å². The third-order valence-corrected chi connectivity index (χ3v) is 5.52. The lowest BCUT2D eigenvalue weighted by molar-refractivity contribution is -0.115. The first-order valence-electron chi connectivity index (χ1n) is 6.99. The molecule has 0 aliphatic carbocycles. The number of aromatic nitrogens is 2. The van der Waals surface area contributed by atoms with Crippen LogP contribution >= 0.6 is 34.7 Å². The van der Waals surface area contributed by atoms with E-state index in [1.165, 1.54) is 23.1 Å². The van der Waals surface area contributed by atoms with Gasteiger partial charge in [0, 0.05) is 10.7 Å². The Morgan fingerprint density at radius 1 is 1.12 bits per heavy atom. The molecule has 2 aromatic carbocycles. The van der Waals surface area contributed by atoms with Crippen LogP contribution < -0.4 is 11.1 Å². The summed E-state index contributed by atoms with van der Waals surface area (Å²) in [6, 6.07) is 16.5. The molecule has 8 heteroatoms. The quantitative estimate of drug-likeness (QED) is 0.651. The monoisotopic (exact) mass is 376 g/mol. The number of nitrogens with one attached hydrogen (secondary N) is 1. The molecule has 5 nitrogen and oxygen atoms in total. The zero-order chi connectivity index (χ0) is 16.9. The number of benzene rings is 2. The fourth-order valence-corrected chi connectivity index (χ4v) is 4.22. The number of carbonyl (C=O) groups excluding carboxylic acids is 1. The number of nitrogen functional groups attached to an aromatic ring is 1. The van der Waals surface area contributed by atoms with Gasteiger partial charge in [-0.3, -0.25) is 4.79 Å². The summed E-state index contributed by atoms with van der Waals surface area (Å²) in [5.74, 6) is -0.187. The SMILES string of the molecule is Nc1nnc(SC(C(=O)Nc2ccccc2)c2ccccc2Cl)s1. The molecule has 3 N–H and O–H groups in total. The molecule has 0 saturated heterocycles. The van der Waals surface area contributed by atoms with Crippen LogP contribution in [0.15, 0.2) is 58.9 Å². The van der Waals surface area contributed by atoms with E-state index in [1.54, 1.807) is 6.07 Å². The van der Waals surface area contributed by atoms with Crippen molar-refractivity contribution in [2.24, 2.45) is 0 Å². The zero-order valence-electron chi connectivity index (χ0n) is 12.3. The lowest BCUT2D eigenvalue weighted by Crippen LogP contribution is -2.19. The summed E-state index contributed by atoms with van der Waals surface area (Å²) < 4.78 is 0.612. The standard InChI is InChI=1S/C16H13ClN4OS2/c17-12-9-5-4-8-11(12)13(23-16-21-20-15(18)24-16)14(22)19-10-6-2-1-3-7-10/h1-9,13H,(H2,18,20)(H,19,22). The van der Waals surface area contributed by atoms with E-state index in [9.17, 15) is 4.79 Å². The van der Waals surface area contributed by atoms with Gasteiger partial charge < -0.3 is 11.1 Å². The number of amides is 1. The van der Waals surface area contributed by atoms with E-state index in [4.69, 9.17) is 17.3 Å². The Labute approximate surface area is 152 Å². The molecule has 0 aliphatic rings. The molecule has 3 aromatic rings. The fourth-order valence-electron chi connectivity index (χ4n) is 2.04. The average molecular weight is 377 g/mol. The minimum Gasteiger partial charge on any atom is -0.374 e. The predicted octanol–water partition coefficient (Wildman–Crippen LogP) is 4.25. The second kappa shape index (κ2) is 7.65. The van der Waals surface area contributed by atoms with Crippen LogP contribution in [0.4, 0.5) is 10.8 Å². The van der Waals surface area contributed by atoms with E-state index >= 15 is 0 Å². The van der Waals surface area contributed by atoms with Gasteiger partial charge in [-0.25, -0.2) is 0 Å². The molecule has 1 atom stereocenters. The molecule has 0 aliphatic heterocycles. The summed E-state index contributed by atoms with van der Waals surface area (Å²) in [4.78, 5) is 12.8. The largest absolute Gasteiger partial charge is 0.374 e. The molecule has 0 fully saturated rings. The van der Waals surface area contributed by atoms with Crippen LogP contribution in [0.25, 0.3) is 0 Å². The van der Waals surface area contributed by atoms with Crippen molar-refractivity contribution in [1.29, 1.82) is 0 Å². The summed E-state index contributed by atoms with van der Waals surface area (Å²) in [5, 5.41) is 11.0. The van der Waals surface area contributed by atoms with E-state index in [0.717, 1.165) is 5.69 Å². The average Bonchev–Trinajstić information content (AvgIpc) is 2.99. The highest BCUT2D eigenvalue weighted by Crippen LogP contribution is 2.40. The molecular weight excluding hydrogens is 364 g/mol. The number of hydrogen-bond donors (Lipinski definition) is 2. The number of nitrogens with zero attached hydrogens (tertiary/aromatic N) is 2. The lowest BCUT2D eigenvalue weighted by atomic mass is 10.1. The third kappa shape index (κ3) is 4.05. The highest BCUT2D eigenvalue weighted by Gasteiger charge is 2.26. The molecular formula is C16H13ClN4OS2. The van der Waals surface area contributed by atoms with Gasteiger partial charge in [0.1, 0.15) is 5.25 Å². The van der Waals surface area contributed by atoms with Gasteiger partial charge in [0.25, 0.3) is 0 Å². The second-order valence-electron chi connectivity index (χ2n) is 4.78. The van der Waals surface area contributed by atoms with Crippen molar-refractivity contribution in [3.8, 4) is 0 Å². The van der Waals surface area contributed by atoms with Crippen molar-refractivity contribution < 1.29 is 4.79 Å². The van der Waals surface area contributed by atoms with Crippen molar-refractivity contribution in [1.82, 2.24) is 10.2 Å². The Kier molecular flexibility index (Phi) is 5.34. The van der Waals surface area contributed by atoms with Gasteiger partial charge in [-0.1, -0.05) is 71.1 Å². The Morgan fingerprint density at radius 3 is 2.50 bits per heavy atom.